The standard InChI is InChI=1S/C28H17FN8OS/c29-23-7-6-22(39-23)20-13-31-14-21-24(20)35-27(34-21)25-19-9-17(11-32-26(19)37-36-25)16-8-18(12-30-10-16)33-28(38)15-4-2-1-3-5-15/h1-14H,(H,33,38)(H,34,35)(H,32,36,37). The molecule has 7 rings (SSSR count). The van der Waals surface area contributed by atoms with Crippen LogP contribution in [0.5, 0.6) is 0 Å². The van der Waals surface area contributed by atoms with Crippen molar-refractivity contribution >= 4 is 45.0 Å². The summed E-state index contributed by atoms with van der Waals surface area (Å²) in [6, 6.07) is 15.9. The Labute approximate surface area is 223 Å². The molecule has 6 heterocycles. The first-order valence-electron chi connectivity index (χ1n) is 11.9. The molecule has 0 aliphatic heterocycles. The van der Waals surface area contributed by atoms with Crippen molar-refractivity contribution in [3.8, 4) is 33.1 Å². The number of imidazole rings is 1. The van der Waals surface area contributed by atoms with E-state index in [9.17, 15) is 9.18 Å². The number of carbonyl (C=O) groups excluding carboxylic acids is 1. The molecule has 0 fully saturated rings. The van der Waals surface area contributed by atoms with E-state index in [1.165, 1.54) is 6.07 Å². The summed E-state index contributed by atoms with van der Waals surface area (Å²) in [5.74, 6) is 0.313. The van der Waals surface area contributed by atoms with E-state index in [2.05, 4.69) is 35.5 Å². The SMILES string of the molecule is O=C(Nc1cncc(-c2cnc3[nH]nc(-c4nc5c(-c6ccc(F)s6)cncc5[nH]4)c3c2)c1)c1ccccc1. The van der Waals surface area contributed by atoms with Crippen LogP contribution in [-0.2, 0) is 0 Å². The Bertz CT molecular complexity index is 2000. The number of amides is 1. The first-order valence-corrected chi connectivity index (χ1v) is 12.7. The highest BCUT2D eigenvalue weighted by Crippen LogP contribution is 2.34. The Balaban J connectivity index is 1.25. The van der Waals surface area contributed by atoms with E-state index in [1.807, 2.05) is 30.3 Å². The molecule has 0 saturated heterocycles. The minimum atomic E-state index is -0.271. The lowest BCUT2D eigenvalue weighted by Gasteiger charge is -2.07. The summed E-state index contributed by atoms with van der Waals surface area (Å²) in [6.07, 6.45) is 8.38. The number of thiophene rings is 1. The molecular formula is C28H17FN8OS. The zero-order chi connectivity index (χ0) is 26.3. The van der Waals surface area contributed by atoms with Gasteiger partial charge < -0.3 is 10.3 Å². The van der Waals surface area contributed by atoms with Crippen LogP contribution in [-0.4, -0.2) is 41.0 Å². The van der Waals surface area contributed by atoms with Crippen LogP contribution >= 0.6 is 11.3 Å². The summed E-state index contributed by atoms with van der Waals surface area (Å²) < 4.78 is 13.7. The van der Waals surface area contributed by atoms with Crippen molar-refractivity contribution in [3.63, 3.8) is 0 Å². The third-order valence-corrected chi connectivity index (χ3v) is 7.15. The van der Waals surface area contributed by atoms with Crippen molar-refractivity contribution in [3.05, 3.63) is 96.3 Å². The maximum Gasteiger partial charge on any atom is 0.255 e. The predicted molar refractivity (Wildman–Crippen MR) is 148 cm³/mol. The van der Waals surface area contributed by atoms with Crippen molar-refractivity contribution in [2.24, 2.45) is 0 Å². The largest absolute Gasteiger partial charge is 0.335 e. The van der Waals surface area contributed by atoms with Crippen molar-refractivity contribution in [1.82, 2.24) is 35.1 Å². The number of anilines is 1. The van der Waals surface area contributed by atoms with Crippen LogP contribution in [0.4, 0.5) is 10.1 Å². The quantitative estimate of drug-likeness (QED) is 0.247. The Kier molecular flexibility index (Phi) is 5.41. The van der Waals surface area contributed by atoms with Gasteiger partial charge in [0.2, 0.25) is 0 Å². The molecule has 3 N–H and O–H groups in total. The second kappa shape index (κ2) is 9.23. The minimum absolute atomic E-state index is 0.218. The van der Waals surface area contributed by atoms with Crippen LogP contribution < -0.4 is 5.32 Å². The second-order valence-electron chi connectivity index (χ2n) is 8.75. The lowest BCUT2D eigenvalue weighted by molar-refractivity contribution is 0.102. The molecular weight excluding hydrogens is 515 g/mol. The highest BCUT2D eigenvalue weighted by molar-refractivity contribution is 7.14. The van der Waals surface area contributed by atoms with Gasteiger partial charge in [-0.05, 0) is 36.4 Å². The van der Waals surface area contributed by atoms with Crippen molar-refractivity contribution in [2.75, 3.05) is 5.32 Å². The molecule has 0 saturated carbocycles. The number of benzene rings is 1. The summed E-state index contributed by atoms with van der Waals surface area (Å²) in [4.78, 5) is 34.5. The Morgan fingerprint density at radius 1 is 0.923 bits per heavy atom. The molecule has 0 aliphatic rings. The molecule has 0 bridgehead atoms. The smallest absolute Gasteiger partial charge is 0.255 e. The summed E-state index contributed by atoms with van der Waals surface area (Å²) in [7, 11) is 0. The normalized spacial score (nSPS) is 11.3. The van der Waals surface area contributed by atoms with Gasteiger partial charge in [-0.25, -0.2) is 9.97 Å². The summed E-state index contributed by atoms with van der Waals surface area (Å²) >= 11 is 1.04. The zero-order valence-corrected chi connectivity index (χ0v) is 20.8. The molecule has 188 valence electrons. The number of H-pyrrole nitrogens is 2. The second-order valence-corrected chi connectivity index (χ2v) is 9.78. The third kappa shape index (κ3) is 4.20. The number of nitrogens with zero attached hydrogens (tertiary/aromatic N) is 5. The van der Waals surface area contributed by atoms with Gasteiger partial charge in [0.05, 0.1) is 29.0 Å². The molecule has 1 amide bonds. The number of carbonyl (C=O) groups is 1. The lowest BCUT2D eigenvalue weighted by Crippen LogP contribution is -2.11. The zero-order valence-electron chi connectivity index (χ0n) is 20.0. The van der Waals surface area contributed by atoms with Gasteiger partial charge >= 0.3 is 0 Å². The average molecular weight is 533 g/mol. The van der Waals surface area contributed by atoms with Gasteiger partial charge in [-0.1, -0.05) is 18.2 Å². The Morgan fingerprint density at radius 3 is 2.62 bits per heavy atom. The molecule has 0 unspecified atom stereocenters. The van der Waals surface area contributed by atoms with Gasteiger partial charge in [-0.15, -0.1) is 11.3 Å². The molecule has 7 aromatic rings. The molecule has 6 aromatic heterocycles. The number of nitrogens with one attached hydrogen (secondary N) is 3. The third-order valence-electron chi connectivity index (χ3n) is 6.24. The van der Waals surface area contributed by atoms with Crippen molar-refractivity contribution < 1.29 is 9.18 Å². The number of aromatic nitrogens is 7. The van der Waals surface area contributed by atoms with Gasteiger partial charge in [0.1, 0.15) is 11.2 Å². The summed E-state index contributed by atoms with van der Waals surface area (Å²) in [5, 5.41) is 10.8. The topological polar surface area (TPSA) is 125 Å². The van der Waals surface area contributed by atoms with Crippen LogP contribution in [0.25, 0.3) is 55.2 Å². The van der Waals surface area contributed by atoms with E-state index < -0.39 is 0 Å². The van der Waals surface area contributed by atoms with Gasteiger partial charge in [0, 0.05) is 45.7 Å². The van der Waals surface area contributed by atoms with Gasteiger partial charge in [0.25, 0.3) is 5.91 Å². The highest BCUT2D eigenvalue weighted by Gasteiger charge is 2.18. The predicted octanol–water partition coefficient (Wildman–Crippen LogP) is 6.08. The number of pyridine rings is 3. The van der Waals surface area contributed by atoms with E-state index >= 15 is 0 Å². The lowest BCUT2D eigenvalue weighted by atomic mass is 10.1. The first-order chi connectivity index (χ1) is 19.1. The number of halogens is 1. The minimum Gasteiger partial charge on any atom is -0.335 e. The molecule has 0 atom stereocenters. The first kappa shape index (κ1) is 22.9. The Morgan fingerprint density at radius 2 is 1.77 bits per heavy atom. The van der Waals surface area contributed by atoms with E-state index in [4.69, 9.17) is 4.98 Å². The van der Waals surface area contributed by atoms with Gasteiger partial charge in [-0.3, -0.25) is 19.9 Å². The molecule has 0 aliphatic carbocycles. The molecule has 39 heavy (non-hydrogen) atoms. The molecule has 0 radical (unpaired) electrons. The number of hydrogen-bond donors (Lipinski definition) is 3. The molecule has 1 aromatic carbocycles. The van der Waals surface area contributed by atoms with Crippen LogP contribution in [0.1, 0.15) is 10.4 Å². The Hall–Kier alpha value is -5.29. The van der Waals surface area contributed by atoms with Crippen LogP contribution in [0, 0.1) is 5.13 Å². The van der Waals surface area contributed by atoms with Crippen LogP contribution in [0.3, 0.4) is 0 Å². The molecule has 0 spiro atoms. The number of hydrogen-bond acceptors (Lipinski definition) is 7. The number of aromatic amines is 2. The molecule has 11 heteroatoms. The van der Waals surface area contributed by atoms with Crippen LogP contribution in [0.2, 0.25) is 0 Å². The van der Waals surface area contributed by atoms with Gasteiger partial charge in [-0.2, -0.15) is 9.49 Å². The van der Waals surface area contributed by atoms with Gasteiger partial charge in [0.15, 0.2) is 16.6 Å². The maximum absolute atomic E-state index is 13.7. The summed E-state index contributed by atoms with van der Waals surface area (Å²) in [5.41, 5.74) is 5.99. The molecule has 9 nitrogen and oxygen atoms in total. The number of fused-ring (bicyclic) bond motifs is 2. The van der Waals surface area contributed by atoms with Crippen LogP contribution in [0.15, 0.2) is 85.6 Å². The summed E-state index contributed by atoms with van der Waals surface area (Å²) in [6.45, 7) is 0. The van der Waals surface area contributed by atoms with E-state index in [-0.39, 0.29) is 11.0 Å². The van der Waals surface area contributed by atoms with E-state index in [1.54, 1.807) is 49.2 Å². The fraction of sp³-hybridized carbons (Fsp3) is 0. The monoisotopic (exact) mass is 532 g/mol. The fourth-order valence-corrected chi connectivity index (χ4v) is 5.13. The fourth-order valence-electron chi connectivity index (χ4n) is 4.39. The average Bonchev–Trinajstić information content (AvgIpc) is 3.71. The van der Waals surface area contributed by atoms with Crippen molar-refractivity contribution in [1.29, 1.82) is 0 Å². The number of rotatable bonds is 5. The highest BCUT2D eigenvalue weighted by atomic mass is 32.1. The van der Waals surface area contributed by atoms with Crippen molar-refractivity contribution in [2.45, 2.75) is 0 Å². The maximum atomic E-state index is 13.7. The van der Waals surface area contributed by atoms with E-state index in [0.717, 1.165) is 38.3 Å². The van der Waals surface area contributed by atoms with E-state index in [0.29, 0.717) is 39.4 Å².